The molecule has 0 saturated heterocycles. The molecular formula is C7H8ClF3N2O2S. The molecule has 0 bridgehead atoms. The van der Waals surface area contributed by atoms with Crippen molar-refractivity contribution >= 4 is 19.7 Å². The van der Waals surface area contributed by atoms with Crippen LogP contribution in [0, 0.1) is 0 Å². The molecule has 0 N–H and O–H groups in total. The third-order valence-electron chi connectivity index (χ3n) is 1.87. The van der Waals surface area contributed by atoms with Crippen LogP contribution >= 0.6 is 10.7 Å². The van der Waals surface area contributed by atoms with E-state index in [2.05, 4.69) is 5.10 Å². The van der Waals surface area contributed by atoms with E-state index in [1.807, 2.05) is 0 Å². The third kappa shape index (κ3) is 3.67. The molecule has 0 aromatic carbocycles. The topological polar surface area (TPSA) is 52.0 Å². The predicted octanol–water partition coefficient (Wildman–Crippen LogP) is 1.55. The minimum atomic E-state index is -4.53. The number of nitrogens with zero attached hydrogens (tertiary/aromatic N) is 2. The van der Waals surface area contributed by atoms with Gasteiger partial charge in [0, 0.05) is 29.8 Å². The first-order valence-corrected chi connectivity index (χ1v) is 6.60. The number of aryl methyl sites for hydroxylation is 2. The number of alkyl halides is 3. The first-order valence-electron chi connectivity index (χ1n) is 4.12. The summed E-state index contributed by atoms with van der Waals surface area (Å²) in [5.41, 5.74) is -0.881. The van der Waals surface area contributed by atoms with Crippen LogP contribution in [0.3, 0.4) is 0 Å². The maximum Gasteiger partial charge on any atom is 0.435 e. The van der Waals surface area contributed by atoms with Crippen molar-refractivity contribution in [2.45, 2.75) is 12.6 Å². The first-order chi connectivity index (χ1) is 7.09. The second-order valence-corrected chi connectivity index (χ2v) is 6.03. The van der Waals surface area contributed by atoms with Gasteiger partial charge in [-0.25, -0.2) is 8.42 Å². The molecule has 16 heavy (non-hydrogen) atoms. The summed E-state index contributed by atoms with van der Waals surface area (Å²) in [7, 11) is 2.55. The van der Waals surface area contributed by atoms with Gasteiger partial charge in [0.1, 0.15) is 0 Å². The lowest BCUT2D eigenvalue weighted by Gasteiger charge is -1.99. The molecule has 1 aromatic rings. The Kier molecular flexibility index (Phi) is 3.53. The summed E-state index contributed by atoms with van der Waals surface area (Å²) >= 11 is 0. The normalized spacial score (nSPS) is 13.1. The summed E-state index contributed by atoms with van der Waals surface area (Å²) in [5.74, 6) is -0.425. The molecule has 0 atom stereocenters. The van der Waals surface area contributed by atoms with Crippen LogP contribution in [0.25, 0.3) is 0 Å². The lowest BCUT2D eigenvalue weighted by atomic mass is 10.3. The summed E-state index contributed by atoms with van der Waals surface area (Å²) in [6.45, 7) is 0. The van der Waals surface area contributed by atoms with Crippen LogP contribution in [0.5, 0.6) is 0 Å². The van der Waals surface area contributed by atoms with E-state index in [9.17, 15) is 21.6 Å². The van der Waals surface area contributed by atoms with E-state index in [1.54, 1.807) is 0 Å². The van der Waals surface area contributed by atoms with Crippen molar-refractivity contribution in [3.63, 3.8) is 0 Å². The predicted molar refractivity (Wildman–Crippen MR) is 51.6 cm³/mol. The molecule has 0 aliphatic carbocycles. The number of rotatable bonds is 3. The highest BCUT2D eigenvalue weighted by atomic mass is 35.7. The Labute approximate surface area is 94.4 Å². The van der Waals surface area contributed by atoms with Crippen molar-refractivity contribution in [3.8, 4) is 0 Å². The van der Waals surface area contributed by atoms with Crippen LogP contribution in [0.4, 0.5) is 13.2 Å². The summed E-state index contributed by atoms with van der Waals surface area (Å²) in [4.78, 5) is 0. The average molecular weight is 277 g/mol. The fourth-order valence-electron chi connectivity index (χ4n) is 1.10. The fourth-order valence-corrected chi connectivity index (χ4v) is 1.79. The fraction of sp³-hybridized carbons (Fsp3) is 0.571. The second kappa shape index (κ2) is 4.25. The van der Waals surface area contributed by atoms with Crippen LogP contribution in [0.15, 0.2) is 6.07 Å². The van der Waals surface area contributed by atoms with Crippen LogP contribution in [0.1, 0.15) is 11.4 Å². The van der Waals surface area contributed by atoms with Crippen LogP contribution < -0.4 is 0 Å². The summed E-state index contributed by atoms with van der Waals surface area (Å²) in [5, 5.41) is 3.24. The van der Waals surface area contributed by atoms with Gasteiger partial charge in [-0.3, -0.25) is 4.68 Å². The molecule has 0 aliphatic heterocycles. The minimum Gasteiger partial charge on any atom is -0.272 e. The summed E-state index contributed by atoms with van der Waals surface area (Å²) in [6, 6.07) is 0.808. The zero-order valence-electron chi connectivity index (χ0n) is 8.12. The molecular weight excluding hydrogens is 269 g/mol. The maximum absolute atomic E-state index is 12.2. The molecule has 0 radical (unpaired) electrons. The van der Waals surface area contributed by atoms with Gasteiger partial charge >= 0.3 is 6.18 Å². The number of hydrogen-bond donors (Lipinski definition) is 0. The summed E-state index contributed by atoms with van der Waals surface area (Å²) < 4.78 is 59.0. The molecule has 0 spiro atoms. The number of hydrogen-bond acceptors (Lipinski definition) is 3. The Hall–Kier alpha value is -0.760. The highest BCUT2D eigenvalue weighted by Gasteiger charge is 2.34. The van der Waals surface area contributed by atoms with Gasteiger partial charge in [0.05, 0.1) is 5.75 Å². The van der Waals surface area contributed by atoms with E-state index in [4.69, 9.17) is 10.7 Å². The molecule has 9 heteroatoms. The smallest absolute Gasteiger partial charge is 0.272 e. The Balaban J connectivity index is 2.87. The molecule has 92 valence electrons. The van der Waals surface area contributed by atoms with E-state index in [-0.39, 0.29) is 12.1 Å². The Morgan fingerprint density at radius 1 is 1.50 bits per heavy atom. The van der Waals surface area contributed by atoms with Gasteiger partial charge in [-0.2, -0.15) is 18.3 Å². The highest BCUT2D eigenvalue weighted by Crippen LogP contribution is 2.28. The molecule has 1 rings (SSSR count). The molecule has 1 aromatic heterocycles. The maximum atomic E-state index is 12.2. The van der Waals surface area contributed by atoms with E-state index >= 15 is 0 Å². The monoisotopic (exact) mass is 276 g/mol. The van der Waals surface area contributed by atoms with Crippen LogP contribution in [0.2, 0.25) is 0 Å². The highest BCUT2D eigenvalue weighted by molar-refractivity contribution is 8.13. The van der Waals surface area contributed by atoms with E-state index in [1.165, 1.54) is 7.05 Å². The first kappa shape index (κ1) is 13.3. The van der Waals surface area contributed by atoms with Gasteiger partial charge in [0.2, 0.25) is 9.05 Å². The van der Waals surface area contributed by atoms with Gasteiger partial charge < -0.3 is 0 Å². The molecule has 4 nitrogen and oxygen atoms in total. The lowest BCUT2D eigenvalue weighted by Crippen LogP contribution is -2.07. The third-order valence-corrected chi connectivity index (χ3v) is 3.02. The van der Waals surface area contributed by atoms with Crippen LogP contribution in [-0.4, -0.2) is 24.0 Å². The second-order valence-electron chi connectivity index (χ2n) is 3.14. The molecule has 0 unspecified atom stereocenters. The van der Waals surface area contributed by atoms with Crippen molar-refractivity contribution in [1.29, 1.82) is 0 Å². The van der Waals surface area contributed by atoms with Crippen molar-refractivity contribution in [2.24, 2.45) is 7.05 Å². The standard InChI is InChI=1S/C7H8ClF3N2O2S/c1-13-5(2-3-16(8,14)15)4-6(12-13)7(9,10)11/h4H,2-3H2,1H3. The van der Waals surface area contributed by atoms with Gasteiger partial charge in [0.25, 0.3) is 0 Å². The van der Waals surface area contributed by atoms with E-state index < -0.39 is 26.7 Å². The molecule has 0 aliphatic rings. The van der Waals surface area contributed by atoms with E-state index in [0.717, 1.165) is 10.7 Å². The van der Waals surface area contributed by atoms with Crippen LogP contribution in [-0.2, 0) is 28.7 Å². The Morgan fingerprint density at radius 2 is 2.06 bits per heavy atom. The Morgan fingerprint density at radius 3 is 2.44 bits per heavy atom. The SMILES string of the molecule is Cn1nc(C(F)(F)F)cc1CCS(=O)(=O)Cl. The number of aromatic nitrogens is 2. The van der Waals surface area contributed by atoms with Crippen molar-refractivity contribution in [1.82, 2.24) is 9.78 Å². The van der Waals surface area contributed by atoms with Gasteiger partial charge in [-0.05, 0) is 6.07 Å². The van der Waals surface area contributed by atoms with Crippen molar-refractivity contribution in [2.75, 3.05) is 5.75 Å². The molecule has 0 amide bonds. The van der Waals surface area contributed by atoms with Crippen molar-refractivity contribution in [3.05, 3.63) is 17.5 Å². The molecule has 0 saturated carbocycles. The quantitative estimate of drug-likeness (QED) is 0.787. The minimum absolute atomic E-state index is 0.106. The average Bonchev–Trinajstić information content (AvgIpc) is 2.41. The zero-order valence-corrected chi connectivity index (χ0v) is 9.70. The largest absolute Gasteiger partial charge is 0.435 e. The molecule has 1 heterocycles. The van der Waals surface area contributed by atoms with Gasteiger partial charge in [0.15, 0.2) is 5.69 Å². The Bertz CT molecular complexity index is 480. The number of halogens is 4. The zero-order chi connectivity index (χ0) is 12.6. The molecule has 0 fully saturated rings. The van der Waals surface area contributed by atoms with Gasteiger partial charge in [-0.1, -0.05) is 0 Å². The summed E-state index contributed by atoms with van der Waals surface area (Å²) in [6.07, 6.45) is -4.64. The lowest BCUT2D eigenvalue weighted by molar-refractivity contribution is -0.141. The van der Waals surface area contributed by atoms with Gasteiger partial charge in [-0.15, -0.1) is 0 Å². The van der Waals surface area contributed by atoms with E-state index in [0.29, 0.717) is 0 Å². The van der Waals surface area contributed by atoms with Crippen molar-refractivity contribution < 1.29 is 21.6 Å².